The molecule has 1 heterocycles. The lowest BCUT2D eigenvalue weighted by atomic mass is 10.1. The van der Waals surface area contributed by atoms with Crippen LogP contribution in [0.1, 0.15) is 5.56 Å². The van der Waals surface area contributed by atoms with Crippen molar-refractivity contribution in [2.75, 3.05) is 27.9 Å². The zero-order valence-corrected chi connectivity index (χ0v) is 19.4. The molecule has 156 valence electrons. The van der Waals surface area contributed by atoms with Crippen LogP contribution in [0.2, 0.25) is 0 Å². The van der Waals surface area contributed by atoms with E-state index in [0.717, 1.165) is 37.6 Å². The molecule has 0 bridgehead atoms. The van der Waals surface area contributed by atoms with Gasteiger partial charge in [0.1, 0.15) is 17.2 Å². The minimum Gasteiger partial charge on any atom is -0.497 e. The zero-order chi connectivity index (χ0) is 21.5. The molecule has 2 aromatic carbocycles. The van der Waals surface area contributed by atoms with Crippen LogP contribution < -0.4 is 19.0 Å². The predicted molar refractivity (Wildman–Crippen MR) is 125 cm³/mol. The number of thiazole rings is 1. The van der Waals surface area contributed by atoms with Gasteiger partial charge in [-0.25, -0.2) is 4.68 Å². The molecule has 0 radical (unpaired) electrons. The third-order valence-electron chi connectivity index (χ3n) is 4.23. The van der Waals surface area contributed by atoms with Gasteiger partial charge >= 0.3 is 0 Å². The topological polar surface area (TPSA) is 57.3 Å². The van der Waals surface area contributed by atoms with Crippen LogP contribution in [-0.4, -0.2) is 38.8 Å². The van der Waals surface area contributed by atoms with E-state index in [4.69, 9.17) is 19.3 Å². The minimum atomic E-state index is 0.491. The van der Waals surface area contributed by atoms with Crippen molar-refractivity contribution in [3.05, 3.63) is 69.3 Å². The molecule has 0 saturated carbocycles. The Morgan fingerprint density at radius 2 is 1.83 bits per heavy atom. The summed E-state index contributed by atoms with van der Waals surface area (Å²) in [4.78, 5) is 5.31. The van der Waals surface area contributed by atoms with Crippen molar-refractivity contribution in [1.29, 1.82) is 0 Å². The Balaban J connectivity index is 2.18. The number of aromatic nitrogens is 1. The summed E-state index contributed by atoms with van der Waals surface area (Å²) in [5.41, 5.74) is 2.53. The summed E-state index contributed by atoms with van der Waals surface area (Å²) in [5, 5.41) is 6.72. The van der Waals surface area contributed by atoms with Crippen LogP contribution in [0.5, 0.6) is 17.2 Å². The van der Waals surface area contributed by atoms with E-state index in [9.17, 15) is 0 Å². The summed E-state index contributed by atoms with van der Waals surface area (Å²) < 4.78 is 19.1. The van der Waals surface area contributed by atoms with Crippen LogP contribution in [0.15, 0.2) is 69.0 Å². The van der Waals surface area contributed by atoms with Gasteiger partial charge in [0.05, 0.1) is 39.8 Å². The number of methoxy groups -OCH3 is 3. The van der Waals surface area contributed by atoms with E-state index in [0.29, 0.717) is 12.3 Å². The molecule has 0 aliphatic heterocycles. The average molecular weight is 488 g/mol. The molecule has 0 saturated heterocycles. The Labute approximate surface area is 187 Å². The SMILES string of the molecule is C=CCN=c1scc(-c2cc(OC)ccc2OC)n1N=Cc1cc(Br)ccc1OC. The number of ether oxygens (including phenoxy) is 3. The van der Waals surface area contributed by atoms with E-state index >= 15 is 0 Å². The highest BCUT2D eigenvalue weighted by atomic mass is 79.9. The largest absolute Gasteiger partial charge is 0.497 e. The maximum atomic E-state index is 5.57. The van der Waals surface area contributed by atoms with Gasteiger partial charge < -0.3 is 14.2 Å². The highest BCUT2D eigenvalue weighted by Gasteiger charge is 2.14. The summed E-state index contributed by atoms with van der Waals surface area (Å²) in [6, 6.07) is 11.4. The quantitative estimate of drug-likeness (QED) is 0.332. The molecule has 6 nitrogen and oxygen atoms in total. The van der Waals surface area contributed by atoms with Crippen molar-refractivity contribution < 1.29 is 14.2 Å². The summed E-state index contributed by atoms with van der Waals surface area (Å²) in [6.45, 7) is 4.24. The van der Waals surface area contributed by atoms with Crippen LogP contribution in [0.3, 0.4) is 0 Å². The minimum absolute atomic E-state index is 0.491. The maximum absolute atomic E-state index is 5.57. The van der Waals surface area contributed by atoms with Gasteiger partial charge in [0.2, 0.25) is 4.80 Å². The van der Waals surface area contributed by atoms with Crippen molar-refractivity contribution in [3.8, 4) is 28.5 Å². The zero-order valence-electron chi connectivity index (χ0n) is 17.0. The van der Waals surface area contributed by atoms with E-state index in [1.807, 2.05) is 41.8 Å². The average Bonchev–Trinajstić information content (AvgIpc) is 3.18. The van der Waals surface area contributed by atoms with Gasteiger partial charge in [-0.2, -0.15) is 5.10 Å². The Morgan fingerprint density at radius 3 is 2.53 bits per heavy atom. The van der Waals surface area contributed by atoms with Crippen molar-refractivity contribution >= 4 is 33.5 Å². The normalized spacial score (nSPS) is 11.7. The molecule has 3 rings (SSSR count). The lowest BCUT2D eigenvalue weighted by Gasteiger charge is -2.11. The second-order valence-corrected chi connectivity index (χ2v) is 7.79. The first-order valence-corrected chi connectivity index (χ1v) is 10.7. The van der Waals surface area contributed by atoms with Gasteiger partial charge in [0.15, 0.2) is 0 Å². The standard InChI is InChI=1S/C22H22BrN3O3S/c1-5-10-24-22-26(25-13-15-11-16(23)6-8-20(15)28-3)19(14-30-22)18-12-17(27-2)7-9-21(18)29-4/h5-9,11-14H,1,10H2,2-4H3. The molecule has 0 fully saturated rings. The Bertz CT molecular complexity index is 1130. The van der Waals surface area contributed by atoms with Crippen LogP contribution in [0.25, 0.3) is 11.3 Å². The summed E-state index contributed by atoms with van der Waals surface area (Å²) in [5.74, 6) is 2.17. The summed E-state index contributed by atoms with van der Waals surface area (Å²) >= 11 is 4.99. The molecule has 3 aromatic rings. The Morgan fingerprint density at radius 1 is 1.07 bits per heavy atom. The number of benzene rings is 2. The van der Waals surface area contributed by atoms with E-state index < -0.39 is 0 Å². The second kappa shape index (κ2) is 10.3. The molecule has 8 heteroatoms. The van der Waals surface area contributed by atoms with E-state index in [-0.39, 0.29) is 0 Å². The number of hydrogen-bond acceptors (Lipinski definition) is 6. The molecule has 0 N–H and O–H groups in total. The highest BCUT2D eigenvalue weighted by molar-refractivity contribution is 9.10. The lowest BCUT2D eigenvalue weighted by molar-refractivity contribution is 0.404. The molecule has 0 spiro atoms. The van der Waals surface area contributed by atoms with E-state index in [2.05, 4.69) is 27.5 Å². The molecule has 0 aliphatic rings. The second-order valence-electron chi connectivity index (χ2n) is 6.04. The van der Waals surface area contributed by atoms with Crippen molar-refractivity contribution in [2.24, 2.45) is 10.1 Å². The van der Waals surface area contributed by atoms with Crippen molar-refractivity contribution in [2.45, 2.75) is 0 Å². The molecule has 0 atom stereocenters. The maximum Gasteiger partial charge on any atom is 0.206 e. The Kier molecular flexibility index (Phi) is 7.48. The fraction of sp³-hybridized carbons (Fsp3) is 0.182. The number of hydrogen-bond donors (Lipinski definition) is 0. The third kappa shape index (κ3) is 4.83. The monoisotopic (exact) mass is 487 g/mol. The summed E-state index contributed by atoms with van der Waals surface area (Å²) in [6.07, 6.45) is 3.50. The van der Waals surface area contributed by atoms with Gasteiger partial charge in [0.25, 0.3) is 0 Å². The molecule has 0 amide bonds. The van der Waals surface area contributed by atoms with Crippen LogP contribution >= 0.6 is 27.3 Å². The first-order valence-electron chi connectivity index (χ1n) is 9.03. The lowest BCUT2D eigenvalue weighted by Crippen LogP contribution is -2.13. The van der Waals surface area contributed by atoms with Gasteiger partial charge in [-0.1, -0.05) is 22.0 Å². The van der Waals surface area contributed by atoms with Crippen LogP contribution in [-0.2, 0) is 0 Å². The Hall–Kier alpha value is -2.84. The van der Waals surface area contributed by atoms with Crippen molar-refractivity contribution in [1.82, 2.24) is 4.68 Å². The van der Waals surface area contributed by atoms with Gasteiger partial charge in [-0.15, -0.1) is 17.9 Å². The molecular weight excluding hydrogens is 466 g/mol. The summed E-state index contributed by atoms with van der Waals surface area (Å²) in [7, 11) is 4.91. The number of nitrogens with zero attached hydrogens (tertiary/aromatic N) is 3. The number of halogens is 1. The number of rotatable bonds is 8. The molecule has 1 aromatic heterocycles. The predicted octanol–water partition coefficient (Wildman–Crippen LogP) is 4.97. The first kappa shape index (κ1) is 21.9. The third-order valence-corrected chi connectivity index (χ3v) is 5.57. The first-order chi connectivity index (χ1) is 14.6. The van der Waals surface area contributed by atoms with Gasteiger partial charge in [-0.3, -0.25) is 4.99 Å². The fourth-order valence-corrected chi connectivity index (χ4v) is 4.00. The van der Waals surface area contributed by atoms with Crippen molar-refractivity contribution in [3.63, 3.8) is 0 Å². The molecule has 0 aliphatic carbocycles. The van der Waals surface area contributed by atoms with Gasteiger partial charge in [0, 0.05) is 21.0 Å². The van der Waals surface area contributed by atoms with Gasteiger partial charge in [-0.05, 0) is 36.4 Å². The molecule has 0 unspecified atom stereocenters. The molecule has 30 heavy (non-hydrogen) atoms. The highest BCUT2D eigenvalue weighted by Crippen LogP contribution is 2.33. The van der Waals surface area contributed by atoms with E-state index in [1.165, 1.54) is 11.3 Å². The van der Waals surface area contributed by atoms with Crippen LogP contribution in [0.4, 0.5) is 0 Å². The van der Waals surface area contributed by atoms with Crippen LogP contribution in [0, 0.1) is 0 Å². The van der Waals surface area contributed by atoms with E-state index in [1.54, 1.807) is 38.3 Å². The fourth-order valence-electron chi connectivity index (χ4n) is 2.79. The molecular formula is C22H22BrN3O3S. The smallest absolute Gasteiger partial charge is 0.206 e.